The van der Waals surface area contributed by atoms with Crippen molar-refractivity contribution in [1.29, 1.82) is 0 Å². The summed E-state index contributed by atoms with van der Waals surface area (Å²) in [6, 6.07) is 7.59. The summed E-state index contributed by atoms with van der Waals surface area (Å²) in [7, 11) is 0. The summed E-state index contributed by atoms with van der Waals surface area (Å²) >= 11 is 12.8. The van der Waals surface area contributed by atoms with Crippen LogP contribution in [0.25, 0.3) is 5.57 Å². The Kier molecular flexibility index (Phi) is 8.15. The molecular weight excluding hydrogens is 466 g/mol. The summed E-state index contributed by atoms with van der Waals surface area (Å²) < 4.78 is 0. The number of carbonyl (C=O) groups is 3. The van der Waals surface area contributed by atoms with E-state index in [1.54, 1.807) is 18.2 Å². The first-order valence-electron chi connectivity index (χ1n) is 8.96. The molecule has 3 N–H and O–H groups in total. The van der Waals surface area contributed by atoms with E-state index in [9.17, 15) is 29.7 Å². The number of carboxylic acids is 2. The van der Waals surface area contributed by atoms with E-state index < -0.39 is 29.0 Å². The molecule has 0 spiro atoms. The minimum Gasteiger partial charge on any atom is -0.507 e. The molecule has 32 heavy (non-hydrogen) atoms. The number of benzene rings is 2. The fourth-order valence-corrected chi connectivity index (χ4v) is 3.94. The van der Waals surface area contributed by atoms with Gasteiger partial charge in [-0.3, -0.25) is 4.79 Å². The summed E-state index contributed by atoms with van der Waals surface area (Å²) in [6.07, 6.45) is 2.70. The van der Waals surface area contributed by atoms with E-state index in [4.69, 9.17) is 23.2 Å². The molecule has 0 unspecified atom stereocenters. The van der Waals surface area contributed by atoms with Crippen molar-refractivity contribution < 1.29 is 29.7 Å². The fraction of sp³-hybridized carbons (Fsp3) is 0.0870. The third-order valence-electron chi connectivity index (χ3n) is 4.83. The Hall–Kier alpha value is -2.35. The molecule has 0 aromatic heterocycles. The molecule has 0 fully saturated rings. The molecule has 0 amide bonds. The van der Waals surface area contributed by atoms with Crippen LogP contribution < -0.4 is 0 Å². The van der Waals surface area contributed by atoms with E-state index in [-0.39, 0.29) is 56.3 Å². The van der Waals surface area contributed by atoms with Gasteiger partial charge in [-0.05, 0) is 78.1 Å². The number of aromatic hydroxyl groups is 1. The minimum absolute atomic E-state index is 0. The van der Waals surface area contributed by atoms with Crippen LogP contribution in [0.2, 0.25) is 10.0 Å². The smallest absolute Gasteiger partial charge is 0.339 e. The third-order valence-corrected chi connectivity index (χ3v) is 5.46. The van der Waals surface area contributed by atoms with Crippen molar-refractivity contribution >= 4 is 76.1 Å². The van der Waals surface area contributed by atoms with Crippen molar-refractivity contribution in [2.24, 2.45) is 0 Å². The second-order valence-electron chi connectivity index (χ2n) is 6.94. The number of ketones is 1. The van der Waals surface area contributed by atoms with Gasteiger partial charge >= 0.3 is 11.9 Å². The van der Waals surface area contributed by atoms with Crippen molar-refractivity contribution in [2.75, 3.05) is 0 Å². The summed E-state index contributed by atoms with van der Waals surface area (Å²) in [5, 5.41) is 29.6. The van der Waals surface area contributed by atoms with Crippen LogP contribution in [-0.2, 0) is 9.59 Å². The predicted octanol–water partition coefficient (Wildman–Crippen LogP) is 4.67. The maximum absolute atomic E-state index is 12.3. The number of Topliss-reactive ketones (excluding diaryl/α,β-unsaturated/α-hetero) is 1. The average Bonchev–Trinajstić information content (AvgIpc) is 2.68. The molecule has 6 nitrogen and oxygen atoms in total. The number of hydrogen-bond donors (Lipinski definition) is 3. The van der Waals surface area contributed by atoms with Gasteiger partial charge in [-0.25, -0.2) is 9.59 Å². The van der Waals surface area contributed by atoms with Crippen LogP contribution in [0.5, 0.6) is 5.75 Å². The van der Waals surface area contributed by atoms with Gasteiger partial charge in [0, 0.05) is 45.2 Å². The molecule has 0 atom stereocenters. The molecule has 2 aromatic rings. The second-order valence-corrected chi connectivity index (χ2v) is 7.76. The number of phenols is 1. The molecule has 1 aliphatic carbocycles. The van der Waals surface area contributed by atoms with Gasteiger partial charge in [0.2, 0.25) is 0 Å². The van der Waals surface area contributed by atoms with Crippen LogP contribution in [0.4, 0.5) is 0 Å². The largest absolute Gasteiger partial charge is 0.507 e. The van der Waals surface area contributed by atoms with Gasteiger partial charge in [-0.15, -0.1) is 0 Å². The number of halogens is 2. The number of aliphatic carboxylic acids is 1. The van der Waals surface area contributed by atoms with Crippen molar-refractivity contribution in [2.45, 2.75) is 13.8 Å². The first-order valence-corrected chi connectivity index (χ1v) is 9.72. The number of allylic oxidation sites excluding steroid dienone is 4. The number of rotatable bonds is 4. The van der Waals surface area contributed by atoms with Gasteiger partial charge in [-0.2, -0.15) is 0 Å². The van der Waals surface area contributed by atoms with Gasteiger partial charge in [0.05, 0.1) is 0 Å². The van der Waals surface area contributed by atoms with E-state index in [0.29, 0.717) is 22.3 Å². The van der Waals surface area contributed by atoms with Gasteiger partial charge in [0.15, 0.2) is 5.78 Å². The molecule has 2 aromatic carbocycles. The van der Waals surface area contributed by atoms with E-state index >= 15 is 0 Å². The fourth-order valence-electron chi connectivity index (χ4n) is 3.36. The molecule has 0 saturated heterocycles. The number of aryl methyl sites for hydroxylation is 1. The van der Waals surface area contributed by atoms with E-state index in [1.165, 1.54) is 38.1 Å². The molecule has 0 saturated carbocycles. The summed E-state index contributed by atoms with van der Waals surface area (Å²) in [5.74, 6) is -3.76. The number of carbonyl (C=O) groups excluding carboxylic acids is 1. The maximum atomic E-state index is 12.3. The Morgan fingerprint density at radius 3 is 2.06 bits per heavy atom. The monoisotopic (exact) mass is 481 g/mol. The Balaban J connectivity index is 0.00000363. The van der Waals surface area contributed by atoms with Crippen LogP contribution >= 0.6 is 23.2 Å². The third kappa shape index (κ3) is 4.85. The SMILES string of the molecule is CC1=C/C(=C(/c2cc(C)c(O)c(C(=O)O)c2)c2c(Cl)cccc2Cl)C=C(C(=O)O)C1=O.[Na]. The molecule has 1 radical (unpaired) electrons. The average molecular weight is 482 g/mol. The van der Waals surface area contributed by atoms with Crippen molar-refractivity contribution in [1.82, 2.24) is 0 Å². The van der Waals surface area contributed by atoms with E-state index in [1.807, 2.05) is 0 Å². The van der Waals surface area contributed by atoms with Crippen molar-refractivity contribution in [3.8, 4) is 5.75 Å². The molecule has 0 aliphatic heterocycles. The first kappa shape index (κ1) is 25.9. The van der Waals surface area contributed by atoms with Gasteiger partial charge in [0.1, 0.15) is 16.9 Å². The normalized spacial score (nSPS) is 14.8. The summed E-state index contributed by atoms with van der Waals surface area (Å²) in [6.45, 7) is 3.01. The predicted molar refractivity (Wildman–Crippen MR) is 123 cm³/mol. The van der Waals surface area contributed by atoms with E-state index in [0.717, 1.165) is 0 Å². The Labute approximate surface area is 215 Å². The second kappa shape index (κ2) is 10.1. The summed E-state index contributed by atoms with van der Waals surface area (Å²) in [5.41, 5.74) is 0.989. The van der Waals surface area contributed by atoms with Gasteiger partial charge in [0.25, 0.3) is 0 Å². The first-order chi connectivity index (χ1) is 14.5. The minimum atomic E-state index is -1.40. The van der Waals surface area contributed by atoms with Gasteiger partial charge < -0.3 is 15.3 Å². The molecule has 1 aliphatic rings. The molecule has 3 rings (SSSR count). The molecular formula is C23H16Cl2NaO6. The Morgan fingerprint density at radius 2 is 1.53 bits per heavy atom. The number of carboxylic acid groups (broad SMARTS) is 2. The van der Waals surface area contributed by atoms with Crippen LogP contribution in [0.15, 0.2) is 59.2 Å². The summed E-state index contributed by atoms with van der Waals surface area (Å²) in [4.78, 5) is 35.6. The van der Waals surface area contributed by atoms with Crippen LogP contribution in [-0.4, -0.2) is 62.6 Å². The van der Waals surface area contributed by atoms with Crippen LogP contribution in [0.3, 0.4) is 0 Å². The van der Waals surface area contributed by atoms with Crippen LogP contribution in [0, 0.1) is 6.92 Å². The zero-order valence-corrected chi connectivity index (χ0v) is 20.9. The molecule has 0 heterocycles. The number of hydrogen-bond acceptors (Lipinski definition) is 4. The standard InChI is InChI=1S/C23H16Cl2O6.Na/c1-10-6-12(8-14(20(10)26)22(28)29)18(19-16(24)4-3-5-17(19)25)13-7-11(2)21(27)15(9-13)23(30)31;/h3-9,26H,1-2H3,(H,28,29)(H,30,31);/b18-13+;. The van der Waals surface area contributed by atoms with Crippen molar-refractivity contribution in [3.63, 3.8) is 0 Å². The molecule has 0 bridgehead atoms. The zero-order chi connectivity index (χ0) is 23.0. The zero-order valence-electron chi connectivity index (χ0n) is 17.4. The number of aromatic carboxylic acids is 1. The maximum Gasteiger partial charge on any atom is 0.339 e. The van der Waals surface area contributed by atoms with E-state index in [2.05, 4.69) is 0 Å². The Bertz CT molecular complexity index is 1240. The quantitative estimate of drug-likeness (QED) is 0.432. The molecule has 159 valence electrons. The van der Waals surface area contributed by atoms with Crippen molar-refractivity contribution in [3.05, 3.63) is 91.5 Å². The topological polar surface area (TPSA) is 112 Å². The van der Waals surface area contributed by atoms with Crippen LogP contribution in [0.1, 0.15) is 34.0 Å². The van der Waals surface area contributed by atoms with Gasteiger partial charge in [-0.1, -0.05) is 29.3 Å². The Morgan fingerprint density at radius 1 is 0.938 bits per heavy atom. The molecule has 9 heteroatoms.